The summed E-state index contributed by atoms with van der Waals surface area (Å²) in [5.41, 5.74) is 0.723. The molecule has 0 amide bonds. The molecule has 1 aromatic carbocycles. The first-order chi connectivity index (χ1) is 7.61. The van der Waals surface area contributed by atoms with Crippen molar-refractivity contribution in [3.05, 3.63) is 56.7 Å². The minimum atomic E-state index is -0.356. The molecule has 0 unspecified atom stereocenters. The number of nitrogens with zero attached hydrogens (tertiary/aromatic N) is 2. The molecular formula is C11H8Cl2N2O. The fourth-order valence-corrected chi connectivity index (χ4v) is 1.80. The molecule has 16 heavy (non-hydrogen) atoms. The van der Waals surface area contributed by atoms with Gasteiger partial charge in [0.15, 0.2) is 0 Å². The molecule has 0 atom stereocenters. The SMILES string of the molecule is Cc1nc(Cl)n(-c2ccccc2)c(=O)c1Cl. The van der Waals surface area contributed by atoms with Crippen LogP contribution in [0.4, 0.5) is 0 Å². The normalized spacial score (nSPS) is 10.4. The summed E-state index contributed by atoms with van der Waals surface area (Å²) in [5, 5.41) is 0.200. The minimum absolute atomic E-state index is 0.0910. The lowest BCUT2D eigenvalue weighted by Gasteiger charge is -2.08. The molecule has 2 aromatic rings. The summed E-state index contributed by atoms with van der Waals surface area (Å²) in [6.45, 7) is 1.64. The smallest absolute Gasteiger partial charge is 0.267 e. The van der Waals surface area contributed by atoms with Crippen LogP contribution in [0.1, 0.15) is 5.69 Å². The van der Waals surface area contributed by atoms with Crippen molar-refractivity contribution >= 4 is 23.2 Å². The molecule has 0 fully saturated rings. The summed E-state index contributed by atoms with van der Waals surface area (Å²) in [4.78, 5) is 15.9. The van der Waals surface area contributed by atoms with Gasteiger partial charge in [0, 0.05) is 0 Å². The number of aryl methyl sites for hydroxylation is 1. The Morgan fingerprint density at radius 1 is 1.19 bits per heavy atom. The van der Waals surface area contributed by atoms with Gasteiger partial charge in [0.2, 0.25) is 5.28 Å². The van der Waals surface area contributed by atoms with E-state index in [4.69, 9.17) is 23.2 Å². The molecule has 1 heterocycles. The largest absolute Gasteiger partial charge is 0.278 e. The van der Waals surface area contributed by atoms with Gasteiger partial charge in [0.05, 0.1) is 11.4 Å². The molecule has 0 aliphatic heterocycles. The Labute approximate surface area is 102 Å². The van der Waals surface area contributed by atoms with Crippen LogP contribution >= 0.6 is 23.2 Å². The van der Waals surface area contributed by atoms with Gasteiger partial charge in [-0.25, -0.2) is 9.55 Å². The van der Waals surface area contributed by atoms with Crippen LogP contribution in [0.15, 0.2) is 35.1 Å². The zero-order valence-electron chi connectivity index (χ0n) is 8.45. The van der Waals surface area contributed by atoms with Gasteiger partial charge in [0.1, 0.15) is 5.02 Å². The lowest BCUT2D eigenvalue weighted by atomic mass is 10.3. The Kier molecular flexibility index (Phi) is 2.99. The van der Waals surface area contributed by atoms with Crippen molar-refractivity contribution in [1.82, 2.24) is 9.55 Å². The third-order valence-electron chi connectivity index (χ3n) is 2.17. The van der Waals surface area contributed by atoms with E-state index in [0.717, 1.165) is 0 Å². The van der Waals surface area contributed by atoms with Gasteiger partial charge in [-0.2, -0.15) is 0 Å². The fourth-order valence-electron chi connectivity index (χ4n) is 1.38. The molecule has 0 radical (unpaired) electrons. The summed E-state index contributed by atoms with van der Waals surface area (Å²) in [5.74, 6) is 0. The maximum atomic E-state index is 11.9. The van der Waals surface area contributed by atoms with Crippen LogP contribution in [0.3, 0.4) is 0 Å². The van der Waals surface area contributed by atoms with E-state index in [1.54, 1.807) is 19.1 Å². The number of rotatable bonds is 1. The van der Waals surface area contributed by atoms with E-state index in [9.17, 15) is 4.79 Å². The highest BCUT2D eigenvalue weighted by molar-refractivity contribution is 6.32. The van der Waals surface area contributed by atoms with Gasteiger partial charge >= 0.3 is 0 Å². The Hall–Kier alpha value is -1.32. The van der Waals surface area contributed by atoms with Crippen molar-refractivity contribution in [3.8, 4) is 5.69 Å². The molecule has 0 N–H and O–H groups in total. The molecule has 0 spiro atoms. The van der Waals surface area contributed by atoms with Gasteiger partial charge in [0.25, 0.3) is 5.56 Å². The fraction of sp³-hybridized carbons (Fsp3) is 0.0909. The Morgan fingerprint density at radius 2 is 1.81 bits per heavy atom. The first-order valence-corrected chi connectivity index (χ1v) is 5.37. The molecule has 2 rings (SSSR count). The molecule has 82 valence electrons. The Bertz CT molecular complexity index is 579. The summed E-state index contributed by atoms with van der Waals surface area (Å²) in [6.07, 6.45) is 0. The zero-order chi connectivity index (χ0) is 11.7. The average Bonchev–Trinajstić information content (AvgIpc) is 2.28. The molecule has 0 saturated heterocycles. The van der Waals surface area contributed by atoms with Crippen molar-refractivity contribution in [3.63, 3.8) is 0 Å². The van der Waals surface area contributed by atoms with Gasteiger partial charge in [-0.15, -0.1) is 0 Å². The third kappa shape index (κ3) is 1.84. The number of aromatic nitrogens is 2. The zero-order valence-corrected chi connectivity index (χ0v) is 9.96. The Balaban J connectivity index is 2.77. The quantitative estimate of drug-likeness (QED) is 0.734. The second-order valence-corrected chi connectivity index (χ2v) is 3.97. The average molecular weight is 255 g/mol. The minimum Gasteiger partial charge on any atom is -0.267 e. The number of halogens is 2. The van der Waals surface area contributed by atoms with E-state index in [-0.39, 0.29) is 15.9 Å². The predicted octanol–water partition coefficient (Wildman–Crippen LogP) is 2.85. The highest BCUT2D eigenvalue weighted by atomic mass is 35.5. The van der Waals surface area contributed by atoms with E-state index in [1.807, 2.05) is 18.2 Å². The van der Waals surface area contributed by atoms with Gasteiger partial charge in [-0.1, -0.05) is 29.8 Å². The van der Waals surface area contributed by atoms with Crippen LogP contribution < -0.4 is 5.56 Å². The van der Waals surface area contributed by atoms with E-state index < -0.39 is 0 Å². The monoisotopic (exact) mass is 254 g/mol. The second-order valence-electron chi connectivity index (χ2n) is 3.26. The van der Waals surface area contributed by atoms with Crippen LogP contribution in [0.5, 0.6) is 0 Å². The van der Waals surface area contributed by atoms with E-state index in [2.05, 4.69) is 4.98 Å². The molecular weight excluding hydrogens is 247 g/mol. The molecule has 5 heteroatoms. The number of hydrogen-bond acceptors (Lipinski definition) is 2. The maximum Gasteiger partial charge on any atom is 0.278 e. The summed E-state index contributed by atoms with van der Waals surface area (Å²) >= 11 is 11.8. The number of benzene rings is 1. The summed E-state index contributed by atoms with van der Waals surface area (Å²) in [7, 11) is 0. The van der Waals surface area contributed by atoms with E-state index >= 15 is 0 Å². The lowest BCUT2D eigenvalue weighted by molar-refractivity contribution is 0.918. The van der Waals surface area contributed by atoms with Gasteiger partial charge in [-0.05, 0) is 30.7 Å². The van der Waals surface area contributed by atoms with Crippen molar-refractivity contribution in [2.24, 2.45) is 0 Å². The standard InChI is InChI=1S/C11H8Cl2N2O/c1-7-9(12)10(16)15(11(13)14-7)8-5-3-2-4-6-8/h2-6H,1H3. The van der Waals surface area contributed by atoms with Crippen LogP contribution in [-0.2, 0) is 0 Å². The molecule has 0 aliphatic carbocycles. The van der Waals surface area contributed by atoms with Gasteiger partial charge < -0.3 is 0 Å². The van der Waals surface area contributed by atoms with Crippen molar-refractivity contribution in [1.29, 1.82) is 0 Å². The Morgan fingerprint density at radius 3 is 2.44 bits per heavy atom. The lowest BCUT2D eigenvalue weighted by Crippen LogP contribution is -2.21. The highest BCUT2D eigenvalue weighted by Gasteiger charge is 2.11. The third-order valence-corrected chi connectivity index (χ3v) is 2.86. The number of para-hydroxylation sites is 1. The van der Waals surface area contributed by atoms with Crippen molar-refractivity contribution in [2.45, 2.75) is 6.92 Å². The van der Waals surface area contributed by atoms with Crippen LogP contribution in [0.2, 0.25) is 10.3 Å². The molecule has 3 nitrogen and oxygen atoms in total. The summed E-state index contributed by atoms with van der Waals surface area (Å²) < 4.78 is 1.27. The summed E-state index contributed by atoms with van der Waals surface area (Å²) in [6, 6.07) is 9.00. The van der Waals surface area contributed by atoms with E-state index in [0.29, 0.717) is 11.4 Å². The first kappa shape index (κ1) is 11.2. The highest BCUT2D eigenvalue weighted by Crippen LogP contribution is 2.15. The second kappa shape index (κ2) is 4.28. The topological polar surface area (TPSA) is 34.9 Å². The van der Waals surface area contributed by atoms with Crippen LogP contribution in [0.25, 0.3) is 5.69 Å². The van der Waals surface area contributed by atoms with Crippen LogP contribution in [0, 0.1) is 6.92 Å². The van der Waals surface area contributed by atoms with Crippen molar-refractivity contribution in [2.75, 3.05) is 0 Å². The molecule has 0 aliphatic rings. The van der Waals surface area contributed by atoms with Crippen LogP contribution in [-0.4, -0.2) is 9.55 Å². The van der Waals surface area contributed by atoms with Gasteiger partial charge in [-0.3, -0.25) is 4.79 Å². The maximum absolute atomic E-state index is 11.9. The number of hydrogen-bond donors (Lipinski definition) is 0. The van der Waals surface area contributed by atoms with E-state index in [1.165, 1.54) is 4.57 Å². The van der Waals surface area contributed by atoms with Crippen molar-refractivity contribution < 1.29 is 0 Å². The predicted molar refractivity (Wildman–Crippen MR) is 64.6 cm³/mol. The molecule has 0 saturated carbocycles. The molecule has 1 aromatic heterocycles. The first-order valence-electron chi connectivity index (χ1n) is 4.61. The molecule has 0 bridgehead atoms.